The summed E-state index contributed by atoms with van der Waals surface area (Å²) in [6, 6.07) is -0.448. The molecule has 0 aromatic heterocycles. The summed E-state index contributed by atoms with van der Waals surface area (Å²) in [5.74, 6) is -2.34. The van der Waals surface area contributed by atoms with Gasteiger partial charge in [-0.3, -0.25) is 4.79 Å². The lowest BCUT2D eigenvalue weighted by molar-refractivity contribution is -0.167. The smallest absolute Gasteiger partial charge is 0.382 e. The molecule has 1 heterocycles. The maximum Gasteiger partial charge on any atom is 0.382 e. The van der Waals surface area contributed by atoms with Crippen molar-refractivity contribution < 1.29 is 19.1 Å². The van der Waals surface area contributed by atoms with Crippen LogP contribution in [0.5, 0.6) is 0 Å². The van der Waals surface area contributed by atoms with Crippen molar-refractivity contribution in [2.24, 2.45) is 5.41 Å². The normalized spacial score (nSPS) is 20.1. The van der Waals surface area contributed by atoms with Gasteiger partial charge in [0.15, 0.2) is 0 Å². The standard InChI is InChI=1S/C12H19NO4/c1-4-12(2,3)9(14)11(16)17-10(15)8-6-5-7-13-8/h8,13H,4-7H2,1-3H3. The van der Waals surface area contributed by atoms with E-state index in [-0.39, 0.29) is 0 Å². The number of hydrogen-bond acceptors (Lipinski definition) is 5. The lowest BCUT2D eigenvalue weighted by Crippen LogP contribution is -2.38. The van der Waals surface area contributed by atoms with E-state index in [1.807, 2.05) is 6.92 Å². The van der Waals surface area contributed by atoms with Gasteiger partial charge in [-0.1, -0.05) is 20.8 Å². The molecule has 0 spiro atoms. The van der Waals surface area contributed by atoms with Crippen LogP contribution in [-0.4, -0.2) is 30.3 Å². The SMILES string of the molecule is CCC(C)(C)C(=O)C(=O)OC(=O)C1CCCN1. The Balaban J connectivity index is 2.54. The van der Waals surface area contributed by atoms with Crippen molar-refractivity contribution in [1.82, 2.24) is 5.32 Å². The highest BCUT2D eigenvalue weighted by Gasteiger charge is 2.35. The number of ether oxygens (including phenoxy) is 1. The zero-order valence-electron chi connectivity index (χ0n) is 10.5. The first-order chi connectivity index (χ1) is 7.88. The summed E-state index contributed by atoms with van der Waals surface area (Å²) in [5.41, 5.74) is -0.777. The molecule has 0 amide bonds. The largest absolute Gasteiger partial charge is 0.386 e. The van der Waals surface area contributed by atoms with Crippen LogP contribution in [-0.2, 0) is 19.1 Å². The highest BCUT2D eigenvalue weighted by molar-refractivity contribution is 6.37. The van der Waals surface area contributed by atoms with Crippen LogP contribution in [0.1, 0.15) is 40.0 Å². The molecule has 1 N–H and O–H groups in total. The number of carbonyl (C=O) groups is 3. The van der Waals surface area contributed by atoms with Crippen LogP contribution >= 0.6 is 0 Å². The fourth-order valence-corrected chi connectivity index (χ4v) is 1.53. The third-order valence-corrected chi connectivity index (χ3v) is 3.22. The van der Waals surface area contributed by atoms with Gasteiger partial charge in [-0.05, 0) is 25.8 Å². The van der Waals surface area contributed by atoms with Crippen LogP contribution in [0.25, 0.3) is 0 Å². The molecule has 0 bridgehead atoms. The minimum atomic E-state index is -1.05. The van der Waals surface area contributed by atoms with Gasteiger partial charge in [-0.25, -0.2) is 9.59 Å². The molecule has 1 aliphatic rings. The van der Waals surface area contributed by atoms with E-state index in [1.165, 1.54) is 0 Å². The Morgan fingerprint density at radius 1 is 1.35 bits per heavy atom. The second-order valence-corrected chi connectivity index (χ2v) is 4.92. The number of rotatable bonds is 4. The van der Waals surface area contributed by atoms with Crippen molar-refractivity contribution in [2.45, 2.75) is 46.1 Å². The average molecular weight is 241 g/mol. The zero-order valence-corrected chi connectivity index (χ0v) is 10.5. The Hall–Kier alpha value is -1.23. The number of esters is 2. The van der Waals surface area contributed by atoms with E-state index in [0.717, 1.165) is 13.0 Å². The van der Waals surface area contributed by atoms with E-state index in [2.05, 4.69) is 10.1 Å². The topological polar surface area (TPSA) is 72.5 Å². The van der Waals surface area contributed by atoms with Crippen molar-refractivity contribution in [2.75, 3.05) is 6.54 Å². The Morgan fingerprint density at radius 2 is 2.00 bits per heavy atom. The van der Waals surface area contributed by atoms with Crippen LogP contribution in [0.15, 0.2) is 0 Å². The summed E-state index contributed by atoms with van der Waals surface area (Å²) in [5, 5.41) is 2.92. The van der Waals surface area contributed by atoms with Crippen LogP contribution in [0.2, 0.25) is 0 Å². The van der Waals surface area contributed by atoms with Crippen molar-refractivity contribution in [1.29, 1.82) is 0 Å². The van der Waals surface area contributed by atoms with Gasteiger partial charge in [0.05, 0.1) is 0 Å². The van der Waals surface area contributed by atoms with Gasteiger partial charge in [0, 0.05) is 5.41 Å². The van der Waals surface area contributed by atoms with E-state index >= 15 is 0 Å². The monoisotopic (exact) mass is 241 g/mol. The van der Waals surface area contributed by atoms with Crippen molar-refractivity contribution in [3.8, 4) is 0 Å². The van der Waals surface area contributed by atoms with Gasteiger partial charge < -0.3 is 10.1 Å². The van der Waals surface area contributed by atoms with Gasteiger partial charge in [-0.15, -0.1) is 0 Å². The molecule has 5 nitrogen and oxygen atoms in total. The van der Waals surface area contributed by atoms with E-state index in [9.17, 15) is 14.4 Å². The number of hydrogen-bond donors (Lipinski definition) is 1. The second-order valence-electron chi connectivity index (χ2n) is 4.92. The van der Waals surface area contributed by atoms with E-state index in [4.69, 9.17) is 0 Å². The molecular formula is C12H19NO4. The molecule has 0 aliphatic carbocycles. The van der Waals surface area contributed by atoms with Gasteiger partial charge in [-0.2, -0.15) is 0 Å². The Bertz CT molecular complexity index is 329. The highest BCUT2D eigenvalue weighted by Crippen LogP contribution is 2.21. The number of nitrogens with one attached hydrogen (secondary N) is 1. The lowest BCUT2D eigenvalue weighted by atomic mass is 9.85. The van der Waals surface area contributed by atoms with Gasteiger partial charge in [0.1, 0.15) is 6.04 Å². The molecule has 0 saturated carbocycles. The summed E-state index contributed by atoms with van der Waals surface area (Å²) in [6.45, 7) is 5.87. The summed E-state index contributed by atoms with van der Waals surface area (Å²) < 4.78 is 4.59. The van der Waals surface area contributed by atoms with Gasteiger partial charge in [0.2, 0.25) is 5.78 Å². The van der Waals surface area contributed by atoms with Crippen molar-refractivity contribution in [3.63, 3.8) is 0 Å². The summed E-state index contributed by atoms with van der Waals surface area (Å²) in [7, 11) is 0. The minimum Gasteiger partial charge on any atom is -0.386 e. The predicted molar refractivity (Wildman–Crippen MR) is 61.2 cm³/mol. The number of Topliss-reactive ketones (excluding diaryl/α,β-unsaturated/α-hetero) is 1. The maximum absolute atomic E-state index is 11.7. The first-order valence-electron chi connectivity index (χ1n) is 5.92. The average Bonchev–Trinajstić information content (AvgIpc) is 2.81. The maximum atomic E-state index is 11.7. The van der Waals surface area contributed by atoms with E-state index in [0.29, 0.717) is 12.8 Å². The van der Waals surface area contributed by atoms with Crippen LogP contribution in [0.3, 0.4) is 0 Å². The Kier molecular flexibility index (Phi) is 4.40. The molecule has 1 rings (SSSR count). The minimum absolute atomic E-state index is 0.448. The van der Waals surface area contributed by atoms with Crippen LogP contribution in [0.4, 0.5) is 0 Å². The quantitative estimate of drug-likeness (QED) is 0.448. The first-order valence-corrected chi connectivity index (χ1v) is 5.92. The fraction of sp³-hybridized carbons (Fsp3) is 0.750. The Morgan fingerprint density at radius 3 is 2.47 bits per heavy atom. The fourth-order valence-electron chi connectivity index (χ4n) is 1.53. The molecule has 1 aliphatic heterocycles. The highest BCUT2D eigenvalue weighted by atomic mass is 16.6. The predicted octanol–water partition coefficient (Wildman–Crippen LogP) is 0.813. The number of carbonyl (C=O) groups excluding carboxylic acids is 3. The lowest BCUT2D eigenvalue weighted by Gasteiger charge is -2.19. The van der Waals surface area contributed by atoms with Gasteiger partial charge in [0.25, 0.3) is 0 Å². The van der Waals surface area contributed by atoms with Crippen molar-refractivity contribution in [3.05, 3.63) is 0 Å². The zero-order chi connectivity index (χ0) is 13.1. The third-order valence-electron chi connectivity index (χ3n) is 3.22. The Labute approximate surface area is 101 Å². The molecule has 1 fully saturated rings. The summed E-state index contributed by atoms with van der Waals surface area (Å²) >= 11 is 0. The second kappa shape index (κ2) is 5.40. The molecule has 1 atom stereocenters. The molecular weight excluding hydrogens is 222 g/mol. The molecule has 0 aromatic rings. The van der Waals surface area contributed by atoms with E-state index in [1.54, 1.807) is 13.8 Å². The molecule has 0 aromatic carbocycles. The summed E-state index contributed by atoms with van der Waals surface area (Å²) in [6.07, 6.45) is 2.05. The molecule has 17 heavy (non-hydrogen) atoms. The summed E-state index contributed by atoms with van der Waals surface area (Å²) in [4.78, 5) is 34.7. The van der Waals surface area contributed by atoms with Crippen LogP contribution < -0.4 is 5.32 Å². The van der Waals surface area contributed by atoms with Crippen LogP contribution in [0, 0.1) is 5.41 Å². The number of ketones is 1. The molecule has 1 unspecified atom stereocenters. The first kappa shape index (κ1) is 13.8. The van der Waals surface area contributed by atoms with E-state index < -0.39 is 29.2 Å². The molecule has 5 heteroatoms. The molecule has 1 saturated heterocycles. The molecule has 0 radical (unpaired) electrons. The third kappa shape index (κ3) is 3.36. The van der Waals surface area contributed by atoms with Crippen molar-refractivity contribution >= 4 is 17.7 Å². The molecule has 96 valence electrons. The van der Waals surface area contributed by atoms with Gasteiger partial charge >= 0.3 is 11.9 Å².